The number of hydrogen-bond donors (Lipinski definition) is 2. The van der Waals surface area contributed by atoms with Crippen molar-refractivity contribution >= 4 is 6.03 Å². The molecule has 0 saturated carbocycles. The lowest BCUT2D eigenvalue weighted by molar-refractivity contribution is -0.0407. The van der Waals surface area contributed by atoms with Gasteiger partial charge in [-0.1, -0.05) is 13.3 Å². The molecule has 1 rings (SSSR count). The number of aliphatic hydroxyl groups excluding tert-OH is 1. The third kappa shape index (κ3) is 6.09. The monoisotopic (exact) mass is 286 g/mol. The summed E-state index contributed by atoms with van der Waals surface area (Å²) in [4.78, 5) is 14.2. The molecule has 1 fully saturated rings. The Balaban J connectivity index is 2.46. The van der Waals surface area contributed by atoms with Gasteiger partial charge in [0.15, 0.2) is 0 Å². The average molecular weight is 286 g/mol. The van der Waals surface area contributed by atoms with E-state index in [0.717, 1.165) is 32.2 Å². The van der Waals surface area contributed by atoms with E-state index in [1.807, 2.05) is 4.90 Å². The van der Waals surface area contributed by atoms with Gasteiger partial charge in [0, 0.05) is 25.7 Å². The summed E-state index contributed by atoms with van der Waals surface area (Å²) in [6.45, 7) is 7.73. The number of rotatable bonds is 7. The van der Waals surface area contributed by atoms with E-state index in [4.69, 9.17) is 9.84 Å². The van der Waals surface area contributed by atoms with Gasteiger partial charge in [0.05, 0.1) is 12.2 Å². The van der Waals surface area contributed by atoms with Crippen LogP contribution < -0.4 is 5.32 Å². The highest BCUT2D eigenvalue weighted by molar-refractivity contribution is 5.74. The lowest BCUT2D eigenvalue weighted by atomic mass is 10.00. The largest absolute Gasteiger partial charge is 0.396 e. The highest BCUT2D eigenvalue weighted by Gasteiger charge is 2.26. The zero-order valence-electron chi connectivity index (χ0n) is 13.1. The number of carbonyl (C=O) groups is 1. The summed E-state index contributed by atoms with van der Waals surface area (Å²) in [6.07, 6.45) is 4.84. The number of nitrogens with one attached hydrogen (secondary N) is 1. The van der Waals surface area contributed by atoms with Crippen molar-refractivity contribution in [2.45, 2.75) is 71.1 Å². The molecule has 20 heavy (non-hydrogen) atoms. The summed E-state index contributed by atoms with van der Waals surface area (Å²) in [5, 5.41) is 12.1. The molecule has 0 radical (unpaired) electrons. The fraction of sp³-hybridized carbons (Fsp3) is 0.933. The van der Waals surface area contributed by atoms with Crippen LogP contribution in [0.4, 0.5) is 4.79 Å². The number of hydrogen-bond acceptors (Lipinski definition) is 3. The average Bonchev–Trinajstić information content (AvgIpc) is 2.37. The number of amides is 2. The van der Waals surface area contributed by atoms with Crippen LogP contribution in [0, 0.1) is 0 Å². The van der Waals surface area contributed by atoms with Crippen LogP contribution in [-0.4, -0.2) is 54.0 Å². The van der Waals surface area contributed by atoms with E-state index in [2.05, 4.69) is 26.1 Å². The van der Waals surface area contributed by atoms with Gasteiger partial charge < -0.3 is 20.1 Å². The third-order valence-electron chi connectivity index (χ3n) is 3.68. The second-order valence-electron chi connectivity index (χ2n) is 5.79. The normalized spacial score (nSPS) is 26.3. The minimum absolute atomic E-state index is 0.00167. The maximum atomic E-state index is 12.3. The molecule has 0 spiro atoms. The fourth-order valence-electron chi connectivity index (χ4n) is 2.71. The molecule has 1 aliphatic rings. The van der Waals surface area contributed by atoms with Crippen LogP contribution >= 0.6 is 0 Å². The van der Waals surface area contributed by atoms with Crippen LogP contribution in [0.25, 0.3) is 0 Å². The van der Waals surface area contributed by atoms with Crippen molar-refractivity contribution in [1.29, 1.82) is 0 Å². The van der Waals surface area contributed by atoms with Crippen LogP contribution in [0.15, 0.2) is 0 Å². The highest BCUT2D eigenvalue weighted by atomic mass is 16.5. The Kier molecular flexibility index (Phi) is 7.92. The molecule has 118 valence electrons. The molecule has 2 unspecified atom stereocenters. The Hall–Kier alpha value is -0.810. The Labute approximate surface area is 122 Å². The number of carbonyl (C=O) groups excluding carboxylic acids is 1. The van der Waals surface area contributed by atoms with Gasteiger partial charge in [-0.2, -0.15) is 0 Å². The van der Waals surface area contributed by atoms with E-state index < -0.39 is 0 Å². The maximum Gasteiger partial charge on any atom is 0.317 e. The molecule has 0 aromatic heterocycles. The van der Waals surface area contributed by atoms with Gasteiger partial charge >= 0.3 is 6.03 Å². The van der Waals surface area contributed by atoms with Crippen molar-refractivity contribution in [2.75, 3.05) is 19.7 Å². The molecular formula is C15H30N2O3. The van der Waals surface area contributed by atoms with Crippen LogP contribution in [0.5, 0.6) is 0 Å². The molecule has 1 aliphatic heterocycles. The molecule has 0 bridgehead atoms. The Morgan fingerprint density at radius 1 is 1.25 bits per heavy atom. The zero-order chi connectivity index (χ0) is 15.0. The van der Waals surface area contributed by atoms with Crippen molar-refractivity contribution in [2.24, 2.45) is 0 Å². The van der Waals surface area contributed by atoms with Gasteiger partial charge in [0.25, 0.3) is 0 Å². The number of ether oxygens (including phenoxy) is 1. The zero-order valence-corrected chi connectivity index (χ0v) is 13.1. The van der Waals surface area contributed by atoms with Crippen molar-refractivity contribution < 1.29 is 14.6 Å². The van der Waals surface area contributed by atoms with E-state index in [1.54, 1.807) is 0 Å². The molecule has 2 atom stereocenters. The van der Waals surface area contributed by atoms with Crippen LogP contribution in [0.2, 0.25) is 0 Å². The molecule has 5 nitrogen and oxygen atoms in total. The quantitative estimate of drug-likeness (QED) is 0.753. The molecule has 0 aromatic carbocycles. The molecular weight excluding hydrogens is 256 g/mol. The number of aliphatic hydroxyl groups is 1. The topological polar surface area (TPSA) is 61.8 Å². The van der Waals surface area contributed by atoms with Gasteiger partial charge in [-0.3, -0.25) is 0 Å². The first-order chi connectivity index (χ1) is 9.56. The van der Waals surface area contributed by atoms with E-state index in [-0.39, 0.29) is 30.9 Å². The SMILES string of the molecule is CCCCN(CCCO)C(=O)NC1CC(C)OC(C)C1. The lowest BCUT2D eigenvalue weighted by Crippen LogP contribution is -2.49. The summed E-state index contributed by atoms with van der Waals surface area (Å²) in [5.41, 5.74) is 0. The van der Waals surface area contributed by atoms with E-state index in [0.29, 0.717) is 13.0 Å². The van der Waals surface area contributed by atoms with Crippen molar-refractivity contribution in [1.82, 2.24) is 10.2 Å². The second-order valence-corrected chi connectivity index (χ2v) is 5.79. The first kappa shape index (κ1) is 17.2. The molecule has 0 aromatic rings. The van der Waals surface area contributed by atoms with Crippen LogP contribution in [0.3, 0.4) is 0 Å². The van der Waals surface area contributed by atoms with Crippen molar-refractivity contribution in [3.05, 3.63) is 0 Å². The molecule has 0 aliphatic carbocycles. The molecule has 1 saturated heterocycles. The second kappa shape index (κ2) is 9.19. The number of nitrogens with zero attached hydrogens (tertiary/aromatic N) is 1. The molecule has 2 N–H and O–H groups in total. The minimum atomic E-state index is -0.00167. The van der Waals surface area contributed by atoms with E-state index in [1.165, 1.54) is 0 Å². The predicted molar refractivity (Wildman–Crippen MR) is 79.7 cm³/mol. The van der Waals surface area contributed by atoms with Crippen LogP contribution in [-0.2, 0) is 4.74 Å². The first-order valence-electron chi connectivity index (χ1n) is 7.88. The Morgan fingerprint density at radius 2 is 1.85 bits per heavy atom. The Bertz CT molecular complexity index is 268. The standard InChI is InChI=1S/C15H30N2O3/c1-4-5-7-17(8-6-9-18)15(19)16-14-10-12(2)20-13(3)11-14/h12-14,18H,4-11H2,1-3H3,(H,16,19). The summed E-state index contributed by atoms with van der Waals surface area (Å²) in [5.74, 6) is 0. The lowest BCUT2D eigenvalue weighted by Gasteiger charge is -2.34. The van der Waals surface area contributed by atoms with Gasteiger partial charge in [-0.05, 0) is 39.5 Å². The molecule has 2 amide bonds. The van der Waals surface area contributed by atoms with E-state index >= 15 is 0 Å². The highest BCUT2D eigenvalue weighted by Crippen LogP contribution is 2.19. The number of urea groups is 1. The number of unbranched alkanes of at least 4 members (excludes halogenated alkanes) is 1. The first-order valence-corrected chi connectivity index (χ1v) is 7.88. The third-order valence-corrected chi connectivity index (χ3v) is 3.68. The van der Waals surface area contributed by atoms with Crippen LogP contribution in [0.1, 0.15) is 52.9 Å². The van der Waals surface area contributed by atoms with Gasteiger partial charge in [-0.25, -0.2) is 4.79 Å². The fourth-order valence-corrected chi connectivity index (χ4v) is 2.71. The van der Waals surface area contributed by atoms with Crippen molar-refractivity contribution in [3.8, 4) is 0 Å². The van der Waals surface area contributed by atoms with Gasteiger partial charge in [0.2, 0.25) is 0 Å². The van der Waals surface area contributed by atoms with Crippen molar-refractivity contribution in [3.63, 3.8) is 0 Å². The minimum Gasteiger partial charge on any atom is -0.396 e. The molecule has 5 heteroatoms. The summed E-state index contributed by atoms with van der Waals surface area (Å²) >= 11 is 0. The molecule has 1 heterocycles. The van der Waals surface area contributed by atoms with Gasteiger partial charge in [0.1, 0.15) is 0 Å². The summed E-state index contributed by atoms with van der Waals surface area (Å²) < 4.78 is 5.69. The predicted octanol–water partition coefficient (Wildman–Crippen LogP) is 2.14. The van der Waals surface area contributed by atoms with E-state index in [9.17, 15) is 4.79 Å². The summed E-state index contributed by atoms with van der Waals surface area (Å²) in [7, 11) is 0. The smallest absolute Gasteiger partial charge is 0.317 e. The maximum absolute atomic E-state index is 12.3. The van der Waals surface area contributed by atoms with Gasteiger partial charge in [-0.15, -0.1) is 0 Å². The summed E-state index contributed by atoms with van der Waals surface area (Å²) in [6, 6.07) is 0.192. The Morgan fingerprint density at radius 3 is 2.40 bits per heavy atom.